The van der Waals surface area contributed by atoms with E-state index in [4.69, 9.17) is 9.15 Å². The molecule has 0 bridgehead atoms. The molecule has 28 heavy (non-hydrogen) atoms. The van der Waals surface area contributed by atoms with Crippen molar-refractivity contribution >= 4 is 16.5 Å². The largest absolute Gasteiger partial charge is 0.494 e. The van der Waals surface area contributed by atoms with Gasteiger partial charge in [0.25, 0.3) is 0 Å². The number of rotatable bonds is 6. The minimum atomic E-state index is 0.409. The average Bonchev–Trinajstić information content (AvgIpc) is 3.18. The maximum atomic E-state index is 9.52. The van der Waals surface area contributed by atoms with Crippen LogP contribution in [0.3, 0.4) is 0 Å². The summed E-state index contributed by atoms with van der Waals surface area (Å²) in [5, 5.41) is 14.1. The molecule has 3 aromatic heterocycles. The third kappa shape index (κ3) is 3.70. The van der Waals surface area contributed by atoms with Crippen LogP contribution in [0.1, 0.15) is 6.42 Å². The summed E-state index contributed by atoms with van der Waals surface area (Å²) < 4.78 is 13.8. The van der Waals surface area contributed by atoms with Gasteiger partial charge in [0.05, 0.1) is 18.3 Å². The van der Waals surface area contributed by atoms with Gasteiger partial charge in [0.2, 0.25) is 0 Å². The van der Waals surface area contributed by atoms with Crippen molar-refractivity contribution in [2.24, 2.45) is 5.16 Å². The molecule has 4 rings (SSSR count). The number of aromatic nitrogens is 2. The van der Waals surface area contributed by atoms with Crippen molar-refractivity contribution in [2.75, 3.05) is 27.2 Å². The smallest absolute Gasteiger partial charge is 0.155 e. The molecule has 0 saturated carbocycles. The fraction of sp³-hybridized carbons (Fsp3) is 0.238. The number of ether oxygens (including phenoxy) is 1. The molecule has 1 aromatic carbocycles. The molecule has 4 aromatic rings. The highest BCUT2D eigenvalue weighted by atomic mass is 16.5. The van der Waals surface area contributed by atoms with Crippen LogP contribution in [0.2, 0.25) is 0 Å². The molecule has 3 heterocycles. The van der Waals surface area contributed by atoms with Gasteiger partial charge in [-0.15, -0.1) is 0 Å². The summed E-state index contributed by atoms with van der Waals surface area (Å²) in [4.78, 5) is 6.55. The zero-order valence-corrected chi connectivity index (χ0v) is 15.9. The summed E-state index contributed by atoms with van der Waals surface area (Å²) in [7, 11) is 4.07. The molecule has 7 nitrogen and oxygen atoms in total. The predicted octanol–water partition coefficient (Wildman–Crippen LogP) is 3.37. The van der Waals surface area contributed by atoms with Crippen molar-refractivity contribution < 1.29 is 14.4 Å². The van der Waals surface area contributed by atoms with Crippen LogP contribution in [0, 0.1) is 0 Å². The topological polar surface area (TPSA) is 75.5 Å². The zero-order chi connectivity index (χ0) is 19.5. The minimum Gasteiger partial charge on any atom is -0.494 e. The highest BCUT2D eigenvalue weighted by Gasteiger charge is 2.10. The number of benzene rings is 1. The molecular formula is C21H22N4O3. The molecule has 0 atom stereocenters. The van der Waals surface area contributed by atoms with Crippen LogP contribution in [-0.4, -0.2) is 46.7 Å². The van der Waals surface area contributed by atoms with Crippen LogP contribution < -0.4 is 10.1 Å². The molecule has 7 heteroatoms. The van der Waals surface area contributed by atoms with Crippen LogP contribution >= 0.6 is 0 Å². The first-order valence-electron chi connectivity index (χ1n) is 9.11. The van der Waals surface area contributed by atoms with Crippen LogP contribution in [0.15, 0.2) is 64.6 Å². The Morgan fingerprint density at radius 2 is 2.11 bits per heavy atom. The van der Waals surface area contributed by atoms with Crippen molar-refractivity contribution in [3.05, 3.63) is 60.3 Å². The number of hydrogen-bond acceptors (Lipinski definition) is 6. The van der Waals surface area contributed by atoms with Crippen LogP contribution in [-0.2, 0) is 0 Å². The van der Waals surface area contributed by atoms with Gasteiger partial charge in [0, 0.05) is 24.3 Å². The van der Waals surface area contributed by atoms with Crippen molar-refractivity contribution in [1.29, 1.82) is 0 Å². The SMILES string of the molecule is CN(C)CCCOc1ccc2oc(-c3cc4cccn4cn3)c/c(=N\O)c2c1. The normalized spacial score (nSPS) is 12.3. The van der Waals surface area contributed by atoms with Gasteiger partial charge in [-0.3, -0.25) is 0 Å². The van der Waals surface area contributed by atoms with Gasteiger partial charge in [-0.1, -0.05) is 5.16 Å². The van der Waals surface area contributed by atoms with E-state index in [9.17, 15) is 5.21 Å². The molecule has 144 valence electrons. The van der Waals surface area contributed by atoms with E-state index in [0.29, 0.717) is 40.1 Å². The molecular weight excluding hydrogens is 356 g/mol. The Hall–Kier alpha value is -3.32. The maximum absolute atomic E-state index is 9.52. The first-order chi connectivity index (χ1) is 13.6. The fourth-order valence-electron chi connectivity index (χ4n) is 3.09. The lowest BCUT2D eigenvalue weighted by atomic mass is 10.2. The molecule has 0 aliphatic carbocycles. The first kappa shape index (κ1) is 18.1. The van der Waals surface area contributed by atoms with E-state index >= 15 is 0 Å². The van der Waals surface area contributed by atoms with Crippen molar-refractivity contribution in [3.8, 4) is 17.2 Å². The van der Waals surface area contributed by atoms with Crippen molar-refractivity contribution in [1.82, 2.24) is 14.3 Å². The molecule has 0 unspecified atom stereocenters. The molecule has 0 aliphatic heterocycles. The Labute approximate surface area is 162 Å². The van der Waals surface area contributed by atoms with Gasteiger partial charge in [0.15, 0.2) is 5.76 Å². The Kier molecular flexibility index (Phi) is 4.99. The van der Waals surface area contributed by atoms with Gasteiger partial charge >= 0.3 is 0 Å². The Morgan fingerprint density at radius 1 is 1.21 bits per heavy atom. The van der Waals surface area contributed by atoms with Gasteiger partial charge in [0.1, 0.15) is 22.4 Å². The lowest BCUT2D eigenvalue weighted by Gasteiger charge is -2.11. The molecule has 0 radical (unpaired) electrons. The summed E-state index contributed by atoms with van der Waals surface area (Å²) in [5.74, 6) is 1.25. The summed E-state index contributed by atoms with van der Waals surface area (Å²) in [6.45, 7) is 1.58. The summed E-state index contributed by atoms with van der Waals surface area (Å²) in [5.41, 5.74) is 2.27. The van der Waals surface area contributed by atoms with Crippen LogP contribution in [0.5, 0.6) is 5.75 Å². The number of nitrogens with zero attached hydrogens (tertiary/aromatic N) is 4. The third-order valence-electron chi connectivity index (χ3n) is 4.51. The molecule has 0 aliphatic rings. The van der Waals surface area contributed by atoms with E-state index in [0.717, 1.165) is 18.5 Å². The third-order valence-corrected chi connectivity index (χ3v) is 4.51. The fourth-order valence-corrected chi connectivity index (χ4v) is 3.09. The second-order valence-corrected chi connectivity index (χ2v) is 6.87. The lowest BCUT2D eigenvalue weighted by Crippen LogP contribution is -2.15. The predicted molar refractivity (Wildman–Crippen MR) is 106 cm³/mol. The Morgan fingerprint density at radius 3 is 2.93 bits per heavy atom. The van der Waals surface area contributed by atoms with Gasteiger partial charge in [-0.2, -0.15) is 0 Å². The van der Waals surface area contributed by atoms with E-state index in [1.165, 1.54) is 0 Å². The van der Waals surface area contributed by atoms with E-state index in [1.54, 1.807) is 12.4 Å². The molecule has 0 spiro atoms. The van der Waals surface area contributed by atoms with Crippen molar-refractivity contribution in [3.63, 3.8) is 0 Å². The molecule has 0 saturated heterocycles. The average molecular weight is 378 g/mol. The van der Waals surface area contributed by atoms with Gasteiger partial charge in [-0.25, -0.2) is 4.98 Å². The first-order valence-corrected chi connectivity index (χ1v) is 9.11. The van der Waals surface area contributed by atoms with Crippen LogP contribution in [0.25, 0.3) is 27.9 Å². The Bertz CT molecular complexity index is 1180. The quantitative estimate of drug-likeness (QED) is 0.316. The van der Waals surface area contributed by atoms with Crippen LogP contribution in [0.4, 0.5) is 0 Å². The highest BCUT2D eigenvalue weighted by molar-refractivity contribution is 5.80. The highest BCUT2D eigenvalue weighted by Crippen LogP contribution is 2.24. The van der Waals surface area contributed by atoms with Gasteiger partial charge in [-0.05, 0) is 56.9 Å². The van der Waals surface area contributed by atoms with Gasteiger partial charge < -0.3 is 23.7 Å². The number of fused-ring (bicyclic) bond motifs is 2. The molecule has 0 fully saturated rings. The second-order valence-electron chi connectivity index (χ2n) is 6.87. The summed E-state index contributed by atoms with van der Waals surface area (Å²) in [6.07, 6.45) is 4.59. The van der Waals surface area contributed by atoms with E-state index < -0.39 is 0 Å². The summed E-state index contributed by atoms with van der Waals surface area (Å²) >= 11 is 0. The second kappa shape index (κ2) is 7.74. The molecule has 1 N–H and O–H groups in total. The maximum Gasteiger partial charge on any atom is 0.155 e. The monoisotopic (exact) mass is 378 g/mol. The number of hydrogen-bond donors (Lipinski definition) is 1. The summed E-state index contributed by atoms with van der Waals surface area (Å²) in [6, 6.07) is 13.1. The van der Waals surface area contributed by atoms with E-state index in [2.05, 4.69) is 15.0 Å². The standard InChI is InChI=1S/C21H22N4O3/c1-24(2)8-4-10-27-16-6-7-20-17(12-16)18(23-26)13-21(28-20)19-11-15-5-3-9-25(15)14-22-19/h3,5-7,9,11-14,26H,4,8,10H2,1-2H3/b23-18+. The molecule has 0 amide bonds. The van der Waals surface area contributed by atoms with Crippen molar-refractivity contribution in [2.45, 2.75) is 6.42 Å². The van der Waals surface area contributed by atoms with E-state index in [1.807, 2.05) is 61.1 Å². The zero-order valence-electron chi connectivity index (χ0n) is 15.9. The Balaban J connectivity index is 1.67. The lowest BCUT2D eigenvalue weighted by molar-refractivity contribution is 0.281. The minimum absolute atomic E-state index is 0.409. The van der Waals surface area contributed by atoms with E-state index in [-0.39, 0.29) is 0 Å².